The van der Waals surface area contributed by atoms with E-state index in [-0.39, 0.29) is 25.8 Å². The molecule has 0 heterocycles. The Hall–Kier alpha value is 0.310. The Balaban J connectivity index is 0. The van der Waals surface area contributed by atoms with Gasteiger partial charge in [-0.05, 0) is 0 Å². The van der Waals surface area contributed by atoms with E-state index in [9.17, 15) is 0 Å². The Bertz CT molecular complexity index is 96.1. The van der Waals surface area contributed by atoms with Crippen molar-refractivity contribution in [2.24, 2.45) is 0 Å². The van der Waals surface area contributed by atoms with E-state index in [0.717, 1.165) is 19.5 Å². The number of hydrogen-bond acceptors (Lipinski definition) is 0. The van der Waals surface area contributed by atoms with Gasteiger partial charge in [0.1, 0.15) is 0 Å². The van der Waals surface area contributed by atoms with Crippen LogP contribution in [0, 0.1) is 6.08 Å². The molecule has 0 amide bonds. The van der Waals surface area contributed by atoms with E-state index in [4.69, 9.17) is 0 Å². The molecule has 0 unspecified atom stereocenters. The fraction of sp³-hybridized carbons (Fsp3) is 0.556. The third kappa shape index (κ3) is 13.3. The minimum absolute atomic E-state index is 0. The summed E-state index contributed by atoms with van der Waals surface area (Å²) in [5.74, 6) is 0. The summed E-state index contributed by atoms with van der Waals surface area (Å²) in [5.41, 5.74) is 0. The third-order valence-corrected chi connectivity index (χ3v) is 1.03. The monoisotopic (exact) mass is 317 g/mol. The fourth-order valence-electron chi connectivity index (χ4n) is 0.564. The van der Waals surface area contributed by atoms with E-state index < -0.39 is 0 Å². The number of nitrogens with zero attached hydrogens (tertiary/aromatic N) is 1. The van der Waals surface area contributed by atoms with Gasteiger partial charge in [0, 0.05) is 25.8 Å². The fourth-order valence-corrected chi connectivity index (χ4v) is 0.564. The van der Waals surface area contributed by atoms with Crippen molar-refractivity contribution in [1.29, 1.82) is 0 Å². The molecule has 1 rings (SSSR count). The van der Waals surface area contributed by atoms with Crippen LogP contribution in [0.25, 0.3) is 5.32 Å². The predicted octanol–water partition coefficient (Wildman–Crippen LogP) is 2.70. The molecule has 0 fully saturated rings. The van der Waals surface area contributed by atoms with Gasteiger partial charge in [-0.2, -0.15) is 19.2 Å². The zero-order valence-corrected chi connectivity index (χ0v) is 10.9. The minimum atomic E-state index is 0. The summed E-state index contributed by atoms with van der Waals surface area (Å²) in [6.07, 6.45) is 10.0. The van der Waals surface area contributed by atoms with E-state index in [0.29, 0.717) is 0 Å². The van der Waals surface area contributed by atoms with Gasteiger partial charge in [0.05, 0.1) is 0 Å². The molecule has 0 spiro atoms. The maximum atomic E-state index is 3.97. The molecule has 1 aliphatic carbocycles. The summed E-state index contributed by atoms with van der Waals surface area (Å²) < 4.78 is 0. The van der Waals surface area contributed by atoms with Crippen molar-refractivity contribution in [3.8, 4) is 0 Å². The van der Waals surface area contributed by atoms with Crippen LogP contribution in [0.1, 0.15) is 20.3 Å². The molecular weight excluding hydrogens is 301 g/mol. The molecule has 1 nitrogen and oxygen atoms in total. The molecule has 0 aliphatic heterocycles. The summed E-state index contributed by atoms with van der Waals surface area (Å²) in [5, 5.41) is 3.97. The van der Waals surface area contributed by atoms with E-state index in [2.05, 4.69) is 17.5 Å². The van der Waals surface area contributed by atoms with Crippen molar-refractivity contribution < 1.29 is 25.8 Å². The smallest absolute Gasteiger partial charge is 0 e. The summed E-state index contributed by atoms with van der Waals surface area (Å²) in [7, 11) is 0. The topological polar surface area (TPSA) is 14.1 Å². The number of rotatable bonds is 2. The van der Waals surface area contributed by atoms with Crippen molar-refractivity contribution in [2.45, 2.75) is 20.3 Å². The predicted molar refractivity (Wildman–Crippen MR) is 46.0 cm³/mol. The summed E-state index contributed by atoms with van der Waals surface area (Å²) in [6, 6.07) is 0. The molecule has 0 aromatic heterocycles. The van der Waals surface area contributed by atoms with Gasteiger partial charge in [-0.25, -0.2) is 12.2 Å². The van der Waals surface area contributed by atoms with Crippen molar-refractivity contribution >= 4 is 0 Å². The molecule has 0 aromatic carbocycles. The van der Waals surface area contributed by atoms with E-state index in [1.165, 1.54) is 0 Å². The number of allylic oxidation sites excluding steroid dienone is 4. The van der Waals surface area contributed by atoms with Gasteiger partial charge in [0.25, 0.3) is 0 Å². The second-order valence-corrected chi connectivity index (χ2v) is 1.86. The summed E-state index contributed by atoms with van der Waals surface area (Å²) >= 11 is 0. The van der Waals surface area contributed by atoms with Crippen LogP contribution in [0.5, 0.6) is 0 Å². The SMILES string of the molecule is CC[N-]CC.[C-]1=CC=CC1.[Hf]. The summed E-state index contributed by atoms with van der Waals surface area (Å²) in [4.78, 5) is 0. The minimum Gasteiger partial charge on any atom is -0.663 e. The van der Waals surface area contributed by atoms with Gasteiger partial charge in [0.2, 0.25) is 0 Å². The Morgan fingerprint density at radius 3 is 2.09 bits per heavy atom. The van der Waals surface area contributed by atoms with E-state index in [1.54, 1.807) is 0 Å². The van der Waals surface area contributed by atoms with Crippen molar-refractivity contribution in [3.05, 3.63) is 29.6 Å². The van der Waals surface area contributed by atoms with Gasteiger partial charge in [-0.15, -0.1) is 6.42 Å². The molecule has 0 atom stereocenters. The average molecular weight is 316 g/mol. The van der Waals surface area contributed by atoms with Crippen LogP contribution in [0.2, 0.25) is 0 Å². The molecule has 11 heavy (non-hydrogen) atoms. The van der Waals surface area contributed by atoms with Gasteiger partial charge in [-0.3, -0.25) is 6.08 Å². The molecule has 0 N–H and O–H groups in total. The molecule has 1 aliphatic rings. The van der Waals surface area contributed by atoms with Gasteiger partial charge in [0.15, 0.2) is 0 Å². The first-order chi connectivity index (χ1) is 4.91. The van der Waals surface area contributed by atoms with Crippen molar-refractivity contribution in [1.82, 2.24) is 0 Å². The van der Waals surface area contributed by atoms with Crippen LogP contribution in [-0.2, 0) is 25.8 Å². The Morgan fingerprint density at radius 2 is 2.00 bits per heavy atom. The van der Waals surface area contributed by atoms with E-state index in [1.807, 2.05) is 26.0 Å². The van der Waals surface area contributed by atoms with Gasteiger partial charge in [-0.1, -0.05) is 13.8 Å². The van der Waals surface area contributed by atoms with Crippen LogP contribution in [-0.4, -0.2) is 13.1 Å². The second kappa shape index (κ2) is 12.9. The quantitative estimate of drug-likeness (QED) is 0.549. The molecule has 0 bridgehead atoms. The van der Waals surface area contributed by atoms with Crippen LogP contribution < -0.4 is 0 Å². The molecule has 0 radical (unpaired) electrons. The first kappa shape index (κ1) is 13.9. The first-order valence-electron chi connectivity index (χ1n) is 3.76. The molecule has 62 valence electrons. The molecule has 0 saturated carbocycles. The first-order valence-corrected chi connectivity index (χ1v) is 3.76. The van der Waals surface area contributed by atoms with Gasteiger partial charge >= 0.3 is 0 Å². The van der Waals surface area contributed by atoms with E-state index >= 15 is 0 Å². The van der Waals surface area contributed by atoms with Crippen molar-refractivity contribution in [3.63, 3.8) is 0 Å². The maximum absolute atomic E-state index is 3.97. The largest absolute Gasteiger partial charge is 0.663 e. The molecular formula is C9H15HfN-2. The number of hydrogen-bond donors (Lipinski definition) is 0. The van der Waals surface area contributed by atoms with Crippen LogP contribution in [0.4, 0.5) is 0 Å². The van der Waals surface area contributed by atoms with Crippen LogP contribution in [0.15, 0.2) is 18.2 Å². The van der Waals surface area contributed by atoms with Gasteiger partial charge < -0.3 is 5.32 Å². The maximum Gasteiger partial charge on any atom is 0 e. The third-order valence-electron chi connectivity index (χ3n) is 1.03. The summed E-state index contributed by atoms with van der Waals surface area (Å²) in [6.45, 7) is 6.03. The second-order valence-electron chi connectivity index (χ2n) is 1.86. The molecule has 2 heteroatoms. The molecule has 0 aromatic rings. The van der Waals surface area contributed by atoms with Crippen LogP contribution >= 0.6 is 0 Å². The molecule has 0 saturated heterocycles. The van der Waals surface area contributed by atoms with Crippen LogP contribution in [0.3, 0.4) is 0 Å². The Morgan fingerprint density at radius 1 is 1.36 bits per heavy atom. The Kier molecular flexibility index (Phi) is 16.3. The average Bonchev–Trinajstić information content (AvgIpc) is 2.44. The normalized spacial score (nSPS) is 11.8. The Labute approximate surface area is 88.7 Å². The zero-order chi connectivity index (χ0) is 7.66. The zero-order valence-electron chi connectivity index (χ0n) is 7.30. The standard InChI is InChI=1S/C5H5.C4H10N.Hf/c1-2-4-5-3-1;1-3-5-4-2;/h1-3H,4H2;3-4H2,1-2H3;/q2*-1;. The van der Waals surface area contributed by atoms with Crippen molar-refractivity contribution in [2.75, 3.05) is 13.1 Å².